The molecular formula is C11H16FN3O3S. The van der Waals surface area contributed by atoms with Gasteiger partial charge in [-0.25, -0.2) is 12.8 Å². The van der Waals surface area contributed by atoms with Crippen molar-refractivity contribution in [2.75, 3.05) is 12.3 Å². The Morgan fingerprint density at radius 3 is 2.47 bits per heavy atom. The number of carbonyl (C=O) groups is 1. The van der Waals surface area contributed by atoms with Crippen molar-refractivity contribution >= 4 is 21.6 Å². The number of nitrogen functional groups attached to an aromatic ring is 1. The molecule has 1 aromatic rings. The molecule has 1 rings (SSSR count). The van der Waals surface area contributed by atoms with Crippen molar-refractivity contribution in [2.45, 2.75) is 24.8 Å². The summed E-state index contributed by atoms with van der Waals surface area (Å²) in [5.74, 6) is -1.63. The fourth-order valence-electron chi connectivity index (χ4n) is 1.57. The van der Waals surface area contributed by atoms with E-state index in [1.54, 1.807) is 13.8 Å². The Labute approximate surface area is 111 Å². The van der Waals surface area contributed by atoms with Gasteiger partial charge in [-0.15, -0.1) is 0 Å². The van der Waals surface area contributed by atoms with Crippen LogP contribution in [0.2, 0.25) is 0 Å². The van der Waals surface area contributed by atoms with Crippen LogP contribution in [0.15, 0.2) is 23.1 Å². The monoisotopic (exact) mass is 289 g/mol. The van der Waals surface area contributed by atoms with E-state index in [1.165, 1.54) is 12.1 Å². The van der Waals surface area contributed by atoms with E-state index in [9.17, 15) is 17.6 Å². The molecule has 0 radical (unpaired) electrons. The van der Waals surface area contributed by atoms with Gasteiger partial charge in [0.1, 0.15) is 10.7 Å². The number of halogens is 1. The first-order chi connectivity index (χ1) is 8.67. The van der Waals surface area contributed by atoms with Gasteiger partial charge in [-0.3, -0.25) is 4.79 Å². The van der Waals surface area contributed by atoms with Crippen molar-refractivity contribution in [1.82, 2.24) is 4.31 Å². The van der Waals surface area contributed by atoms with Gasteiger partial charge in [-0.1, -0.05) is 6.07 Å². The summed E-state index contributed by atoms with van der Waals surface area (Å²) >= 11 is 0. The Morgan fingerprint density at radius 1 is 1.42 bits per heavy atom. The molecule has 19 heavy (non-hydrogen) atoms. The van der Waals surface area contributed by atoms with Gasteiger partial charge in [0, 0.05) is 6.04 Å². The molecule has 8 heteroatoms. The average Bonchev–Trinajstić information content (AvgIpc) is 2.28. The summed E-state index contributed by atoms with van der Waals surface area (Å²) in [6.07, 6.45) is 0. The second kappa shape index (κ2) is 5.54. The van der Waals surface area contributed by atoms with Crippen LogP contribution in [0.5, 0.6) is 0 Å². The Hall–Kier alpha value is -1.67. The molecule has 0 unspecified atom stereocenters. The first kappa shape index (κ1) is 15.4. The van der Waals surface area contributed by atoms with Crippen LogP contribution in [0.3, 0.4) is 0 Å². The van der Waals surface area contributed by atoms with Gasteiger partial charge >= 0.3 is 0 Å². The lowest BCUT2D eigenvalue weighted by atomic mass is 10.3. The molecule has 106 valence electrons. The minimum absolute atomic E-state index is 0.373. The second-order valence-electron chi connectivity index (χ2n) is 4.26. The summed E-state index contributed by atoms with van der Waals surface area (Å²) < 4.78 is 38.9. The third-order valence-electron chi connectivity index (χ3n) is 2.49. The van der Waals surface area contributed by atoms with Gasteiger partial charge in [-0.05, 0) is 26.0 Å². The predicted octanol–water partition coefficient (Wildman–Crippen LogP) is 0.292. The van der Waals surface area contributed by atoms with E-state index in [2.05, 4.69) is 0 Å². The summed E-state index contributed by atoms with van der Waals surface area (Å²) in [6.45, 7) is 2.67. The standard InChI is InChI=1S/C11H16FN3O3S/c1-7(2)15(6-10(13)16)19(17,18)9-5-3-4-8(12)11(9)14/h3-5,7H,6,14H2,1-2H3,(H2,13,16). The maximum atomic E-state index is 13.3. The highest BCUT2D eigenvalue weighted by Gasteiger charge is 2.30. The molecule has 0 fully saturated rings. The largest absolute Gasteiger partial charge is 0.395 e. The molecule has 4 N–H and O–H groups in total. The molecule has 0 spiro atoms. The van der Waals surface area contributed by atoms with Crippen molar-refractivity contribution in [1.29, 1.82) is 0 Å². The SMILES string of the molecule is CC(C)N(CC(N)=O)S(=O)(=O)c1cccc(F)c1N. The Kier molecular flexibility index (Phi) is 4.48. The number of hydrogen-bond donors (Lipinski definition) is 2. The quantitative estimate of drug-likeness (QED) is 0.760. The summed E-state index contributed by atoms with van der Waals surface area (Å²) in [4.78, 5) is 10.6. The van der Waals surface area contributed by atoms with Gasteiger partial charge in [-0.2, -0.15) is 4.31 Å². The van der Waals surface area contributed by atoms with E-state index >= 15 is 0 Å². The van der Waals surface area contributed by atoms with E-state index in [4.69, 9.17) is 11.5 Å². The summed E-state index contributed by atoms with van der Waals surface area (Å²) in [5, 5.41) is 0. The molecular weight excluding hydrogens is 273 g/mol. The zero-order valence-corrected chi connectivity index (χ0v) is 11.4. The maximum Gasteiger partial charge on any atom is 0.245 e. The molecule has 0 aliphatic rings. The first-order valence-corrected chi connectivity index (χ1v) is 6.96. The lowest BCUT2D eigenvalue weighted by molar-refractivity contribution is -0.118. The van der Waals surface area contributed by atoms with Crippen molar-refractivity contribution in [3.05, 3.63) is 24.0 Å². The molecule has 0 atom stereocenters. The lowest BCUT2D eigenvalue weighted by Crippen LogP contribution is -2.42. The molecule has 0 aliphatic heterocycles. The van der Waals surface area contributed by atoms with Gasteiger partial charge in [0.2, 0.25) is 15.9 Å². The number of benzene rings is 1. The molecule has 0 aliphatic carbocycles. The molecule has 1 aromatic carbocycles. The van der Waals surface area contributed by atoms with Crippen LogP contribution in [0.1, 0.15) is 13.8 Å². The Morgan fingerprint density at radius 2 is 2.00 bits per heavy atom. The van der Waals surface area contributed by atoms with Gasteiger partial charge in [0.05, 0.1) is 12.2 Å². The summed E-state index contributed by atoms with van der Waals surface area (Å²) in [5.41, 5.74) is 9.99. The summed E-state index contributed by atoms with van der Waals surface area (Å²) in [6, 6.07) is 2.97. The molecule has 0 heterocycles. The molecule has 0 saturated heterocycles. The minimum Gasteiger partial charge on any atom is -0.395 e. The topological polar surface area (TPSA) is 106 Å². The number of nitrogens with two attached hydrogens (primary N) is 2. The van der Waals surface area contributed by atoms with Crippen LogP contribution in [-0.2, 0) is 14.8 Å². The van der Waals surface area contributed by atoms with Crippen molar-refractivity contribution in [2.24, 2.45) is 5.73 Å². The Bertz CT molecular complexity index is 587. The van der Waals surface area contributed by atoms with E-state index in [0.29, 0.717) is 0 Å². The number of carbonyl (C=O) groups excluding carboxylic acids is 1. The number of para-hydroxylation sites is 1. The lowest BCUT2D eigenvalue weighted by Gasteiger charge is -2.25. The number of sulfonamides is 1. The third kappa shape index (κ3) is 3.21. The summed E-state index contributed by atoms with van der Waals surface area (Å²) in [7, 11) is -4.08. The van der Waals surface area contributed by atoms with E-state index in [-0.39, 0.29) is 4.90 Å². The zero-order valence-electron chi connectivity index (χ0n) is 10.6. The van der Waals surface area contributed by atoms with Crippen LogP contribution in [0, 0.1) is 5.82 Å². The highest BCUT2D eigenvalue weighted by atomic mass is 32.2. The second-order valence-corrected chi connectivity index (χ2v) is 6.12. The first-order valence-electron chi connectivity index (χ1n) is 5.52. The average molecular weight is 289 g/mol. The molecule has 1 amide bonds. The van der Waals surface area contributed by atoms with Gasteiger partial charge < -0.3 is 11.5 Å². The highest BCUT2D eigenvalue weighted by molar-refractivity contribution is 7.89. The number of primary amides is 1. The van der Waals surface area contributed by atoms with Crippen molar-refractivity contribution in [3.63, 3.8) is 0 Å². The van der Waals surface area contributed by atoms with Crippen LogP contribution in [0.25, 0.3) is 0 Å². The molecule has 0 bridgehead atoms. The van der Waals surface area contributed by atoms with E-state index in [0.717, 1.165) is 10.4 Å². The molecule has 6 nitrogen and oxygen atoms in total. The van der Waals surface area contributed by atoms with Crippen molar-refractivity contribution < 1.29 is 17.6 Å². The zero-order chi connectivity index (χ0) is 14.8. The predicted molar refractivity (Wildman–Crippen MR) is 69.0 cm³/mol. The highest BCUT2D eigenvalue weighted by Crippen LogP contribution is 2.25. The third-order valence-corrected chi connectivity index (χ3v) is 4.57. The molecule has 0 aromatic heterocycles. The maximum absolute atomic E-state index is 13.3. The fraction of sp³-hybridized carbons (Fsp3) is 0.364. The van der Waals surface area contributed by atoms with Gasteiger partial charge in [0.25, 0.3) is 0 Å². The van der Waals surface area contributed by atoms with Crippen molar-refractivity contribution in [3.8, 4) is 0 Å². The normalized spacial score (nSPS) is 12.1. The fourth-order valence-corrected chi connectivity index (χ4v) is 3.30. The smallest absolute Gasteiger partial charge is 0.245 e. The number of rotatable bonds is 5. The molecule has 0 saturated carbocycles. The Balaban J connectivity index is 3.35. The number of nitrogens with zero attached hydrogens (tertiary/aromatic N) is 1. The number of amides is 1. The minimum atomic E-state index is -4.08. The van der Waals surface area contributed by atoms with Gasteiger partial charge in [0.15, 0.2) is 0 Å². The van der Waals surface area contributed by atoms with Crippen LogP contribution < -0.4 is 11.5 Å². The van der Waals surface area contributed by atoms with E-state index in [1.807, 2.05) is 0 Å². The van der Waals surface area contributed by atoms with E-state index < -0.39 is 40.0 Å². The number of hydrogen-bond acceptors (Lipinski definition) is 4. The van der Waals surface area contributed by atoms with Crippen LogP contribution >= 0.6 is 0 Å². The van der Waals surface area contributed by atoms with Crippen LogP contribution in [0.4, 0.5) is 10.1 Å². The van der Waals surface area contributed by atoms with Crippen LogP contribution in [-0.4, -0.2) is 31.2 Å². The number of anilines is 1.